The molecule has 12 heteroatoms. The molecule has 4 heterocycles. The number of aliphatic hydroxyl groups excluding tert-OH is 1. The number of benzene rings is 4. The number of carbonyl (C=O) groups is 2. The Morgan fingerprint density at radius 1 is 1.00 bits per heavy atom. The molecule has 0 aliphatic carbocycles. The highest BCUT2D eigenvalue weighted by molar-refractivity contribution is 9.10. The Morgan fingerprint density at radius 2 is 1.79 bits per heavy atom. The lowest BCUT2D eigenvalue weighted by Gasteiger charge is -2.37. The van der Waals surface area contributed by atoms with Crippen LogP contribution in [0.2, 0.25) is 18.6 Å². The first-order valence-electron chi connectivity index (χ1n) is 19.9. The average molecular weight is 849 g/mol. The zero-order chi connectivity index (χ0) is 39.9. The van der Waals surface area contributed by atoms with E-state index in [9.17, 15) is 9.90 Å². The number of aryl methyl sites for hydroxylation is 1. The van der Waals surface area contributed by atoms with Crippen LogP contribution in [0.4, 0.5) is 11.4 Å². The molecule has 2 saturated heterocycles. The van der Waals surface area contributed by atoms with E-state index in [1.54, 1.807) is 7.11 Å². The molecule has 0 saturated carbocycles. The number of nitrogens with zero attached hydrogens (tertiary/aromatic N) is 5. The Bertz CT molecular complexity index is 2250. The Morgan fingerprint density at radius 3 is 2.53 bits per heavy atom. The number of rotatable bonds is 12. The molecular weight excluding hydrogens is 799 g/mol. The van der Waals surface area contributed by atoms with E-state index < -0.39 is 13.7 Å². The first-order valence-corrected chi connectivity index (χ1v) is 23.8. The lowest BCUT2D eigenvalue weighted by Crippen LogP contribution is -2.51. The van der Waals surface area contributed by atoms with Crippen LogP contribution in [0.15, 0.2) is 108 Å². The molecule has 2 amide bonds. The summed E-state index contributed by atoms with van der Waals surface area (Å²) in [6.45, 7) is 8.49. The van der Waals surface area contributed by atoms with E-state index in [-0.39, 0.29) is 41.9 Å². The third-order valence-corrected chi connectivity index (χ3v) is 17.5. The predicted octanol–water partition coefficient (Wildman–Crippen LogP) is 7.54. The fraction of sp³-hybridized carbons (Fsp3) is 0.378. The van der Waals surface area contributed by atoms with Gasteiger partial charge >= 0.3 is 0 Å². The number of fused-ring (bicyclic) bond motifs is 2. The Labute approximate surface area is 343 Å². The second-order valence-electron chi connectivity index (χ2n) is 16.2. The van der Waals surface area contributed by atoms with Gasteiger partial charge in [0, 0.05) is 47.3 Å². The number of carbonyl (C=O) groups excluding carboxylic acids is 2. The number of anilines is 2. The van der Waals surface area contributed by atoms with E-state index in [4.69, 9.17) is 9.47 Å². The number of aromatic nitrogens is 3. The summed E-state index contributed by atoms with van der Waals surface area (Å²) in [7, 11) is -0.696. The van der Waals surface area contributed by atoms with Crippen LogP contribution in [0, 0.1) is 5.92 Å². The highest BCUT2D eigenvalue weighted by Gasteiger charge is 2.66. The van der Waals surface area contributed by atoms with Crippen LogP contribution in [0.5, 0.6) is 5.75 Å². The van der Waals surface area contributed by atoms with Crippen LogP contribution in [-0.4, -0.2) is 66.4 Å². The normalized spacial score (nSPS) is 22.7. The fourth-order valence-corrected chi connectivity index (χ4v) is 14.1. The lowest BCUT2D eigenvalue weighted by atomic mass is 9.82. The number of ether oxygens (including phenoxy) is 2. The number of amides is 2. The average Bonchev–Trinajstić information content (AvgIpc) is 3.88. The van der Waals surface area contributed by atoms with Gasteiger partial charge in [-0.05, 0) is 78.4 Å². The van der Waals surface area contributed by atoms with Crippen molar-refractivity contribution in [1.29, 1.82) is 0 Å². The van der Waals surface area contributed by atoms with Crippen molar-refractivity contribution >= 4 is 52.4 Å². The molecule has 1 unspecified atom stereocenters. The molecule has 5 atom stereocenters. The van der Waals surface area contributed by atoms with Crippen LogP contribution in [0.25, 0.3) is 0 Å². The van der Waals surface area contributed by atoms with E-state index in [1.807, 2.05) is 93.5 Å². The monoisotopic (exact) mass is 847 g/mol. The van der Waals surface area contributed by atoms with Gasteiger partial charge in [0.05, 0.1) is 51.7 Å². The minimum Gasteiger partial charge on any atom is -0.497 e. The maximum atomic E-state index is 15.4. The molecule has 4 aromatic carbocycles. The van der Waals surface area contributed by atoms with Gasteiger partial charge in [-0.25, -0.2) is 0 Å². The maximum absolute atomic E-state index is 15.4. The first-order chi connectivity index (χ1) is 27.5. The van der Waals surface area contributed by atoms with Gasteiger partial charge in [-0.3, -0.25) is 14.3 Å². The summed E-state index contributed by atoms with van der Waals surface area (Å²) < 4.78 is 15.6. The summed E-state index contributed by atoms with van der Waals surface area (Å²) in [5.74, 6) is 0.437. The second-order valence-corrected chi connectivity index (χ2v) is 21.8. The quantitative estimate of drug-likeness (QED) is 0.129. The lowest BCUT2D eigenvalue weighted by molar-refractivity contribution is -0.146. The van der Waals surface area contributed by atoms with Gasteiger partial charge in [-0.2, -0.15) is 0 Å². The minimum absolute atomic E-state index is 0.0487. The van der Waals surface area contributed by atoms with E-state index in [2.05, 4.69) is 70.5 Å². The molecule has 0 bridgehead atoms. The van der Waals surface area contributed by atoms with Gasteiger partial charge in [0.25, 0.3) is 5.91 Å². The van der Waals surface area contributed by atoms with Crippen molar-refractivity contribution in [2.45, 2.75) is 82.0 Å². The van der Waals surface area contributed by atoms with Gasteiger partial charge in [0.15, 0.2) is 5.60 Å². The van der Waals surface area contributed by atoms with E-state index in [1.165, 1.54) is 5.19 Å². The van der Waals surface area contributed by atoms with Crippen molar-refractivity contribution in [1.82, 2.24) is 15.0 Å². The van der Waals surface area contributed by atoms with Gasteiger partial charge in [0.2, 0.25) is 5.91 Å². The largest absolute Gasteiger partial charge is 0.497 e. The van der Waals surface area contributed by atoms with Crippen LogP contribution in [-0.2, 0) is 33.0 Å². The third-order valence-electron chi connectivity index (χ3n) is 12.6. The van der Waals surface area contributed by atoms with Crippen molar-refractivity contribution in [2.24, 2.45) is 5.92 Å². The van der Waals surface area contributed by atoms with Crippen LogP contribution in [0.1, 0.15) is 60.9 Å². The smallest absolute Gasteiger partial charge is 0.264 e. The molecule has 57 heavy (non-hydrogen) atoms. The highest BCUT2D eigenvalue weighted by atomic mass is 79.9. The number of hydrogen-bond donors (Lipinski definition) is 1. The molecule has 1 aromatic heterocycles. The number of aliphatic hydroxyl groups is 1. The fourth-order valence-electron chi connectivity index (χ4n) is 9.69. The summed E-state index contributed by atoms with van der Waals surface area (Å²) in [6.07, 6.45) is 4.72. The third kappa shape index (κ3) is 7.15. The zero-order valence-corrected chi connectivity index (χ0v) is 35.6. The van der Waals surface area contributed by atoms with Crippen molar-refractivity contribution in [3.63, 3.8) is 0 Å². The Balaban J connectivity index is 1.14. The summed E-state index contributed by atoms with van der Waals surface area (Å²) in [6, 6.07) is 32.4. The SMILES string of the molecule is COc1ccc([Si](C)(C)[C@H]2[C@H](CCn3cc(C(CO)c4ccccc4)nn3)O[C@@]3(C(=O)N(Cc4cccc(N5CCCCC5=O)c4)c4ccc(Br)cc43)[C@@H]2C)cc1. The molecule has 1 N–H and O–H groups in total. The number of halogens is 1. The Kier molecular flexibility index (Phi) is 11.0. The maximum Gasteiger partial charge on any atom is 0.264 e. The summed E-state index contributed by atoms with van der Waals surface area (Å²) >= 11 is 3.74. The number of piperidine rings is 1. The molecule has 2 fully saturated rings. The van der Waals surface area contributed by atoms with Gasteiger partial charge in [-0.15, -0.1) is 5.10 Å². The zero-order valence-electron chi connectivity index (χ0n) is 33.0. The number of methoxy groups -OCH3 is 1. The summed E-state index contributed by atoms with van der Waals surface area (Å²) in [4.78, 5) is 32.0. The molecule has 0 radical (unpaired) electrons. The molecule has 1 spiro atoms. The second kappa shape index (κ2) is 16.0. The number of hydrogen-bond acceptors (Lipinski definition) is 7. The minimum atomic E-state index is -2.38. The van der Waals surface area contributed by atoms with E-state index in [0.717, 1.165) is 51.1 Å². The molecule has 8 rings (SSSR count). The van der Waals surface area contributed by atoms with Crippen molar-refractivity contribution in [3.8, 4) is 5.75 Å². The molecule has 5 aromatic rings. The Hall–Kier alpha value is -4.62. The van der Waals surface area contributed by atoms with Crippen molar-refractivity contribution in [2.75, 3.05) is 30.1 Å². The van der Waals surface area contributed by atoms with Gasteiger partial charge in [-0.1, -0.05) is 101 Å². The first kappa shape index (κ1) is 39.2. The van der Waals surface area contributed by atoms with Crippen LogP contribution in [0.3, 0.4) is 0 Å². The van der Waals surface area contributed by atoms with Crippen LogP contribution < -0.4 is 19.7 Å². The molecule has 3 aliphatic rings. The topological polar surface area (TPSA) is 110 Å². The summed E-state index contributed by atoms with van der Waals surface area (Å²) in [5, 5.41) is 20.6. The molecular formula is C45H50BrN5O5Si. The van der Waals surface area contributed by atoms with Crippen molar-refractivity contribution in [3.05, 3.63) is 130 Å². The van der Waals surface area contributed by atoms with Gasteiger partial charge < -0.3 is 24.4 Å². The molecule has 296 valence electrons. The molecule has 3 aliphatic heterocycles. The summed E-state index contributed by atoms with van der Waals surface area (Å²) in [5.41, 5.74) is 4.07. The standard InChI is InChI=1S/C45H50BrN5O5Si/c1-30-43(57(3,4)36-19-17-35(55-2)18-20-36)41(22-24-49-28-39(47-48-49)37(29-52)32-12-6-5-7-13-32)56-45(30)38-26-33(46)16-21-40(38)51(44(45)54)27-31-11-10-14-34(25-31)50-23-9-8-15-42(50)53/h5-7,10-14,16-21,25-26,28,30,37,41,43,52H,8-9,15,22-24,27,29H2,1-4H3/t30-,37?,41+,43-,45+/m1/s1. The van der Waals surface area contributed by atoms with Gasteiger partial charge in [0.1, 0.15) is 5.75 Å². The predicted molar refractivity (Wildman–Crippen MR) is 228 cm³/mol. The van der Waals surface area contributed by atoms with Crippen molar-refractivity contribution < 1.29 is 24.2 Å². The van der Waals surface area contributed by atoms with E-state index in [0.29, 0.717) is 38.2 Å². The van der Waals surface area contributed by atoms with E-state index >= 15 is 4.79 Å². The molecule has 10 nitrogen and oxygen atoms in total. The highest BCUT2D eigenvalue weighted by Crippen LogP contribution is 2.60. The van der Waals surface area contributed by atoms with Crippen LogP contribution >= 0.6 is 15.9 Å².